The predicted octanol–water partition coefficient (Wildman–Crippen LogP) is 2.41. The van der Waals surface area contributed by atoms with Crippen LogP contribution in [-0.4, -0.2) is 28.0 Å². The maximum Gasteiger partial charge on any atom is 0.174 e. The second kappa shape index (κ2) is 6.37. The van der Waals surface area contributed by atoms with E-state index in [9.17, 15) is 0 Å². The van der Waals surface area contributed by atoms with Crippen molar-refractivity contribution in [1.29, 1.82) is 0 Å². The van der Waals surface area contributed by atoms with Crippen molar-refractivity contribution >= 4 is 23.1 Å². The number of rotatable bonds is 6. The lowest BCUT2D eigenvalue weighted by molar-refractivity contribution is 0.537. The van der Waals surface area contributed by atoms with Crippen LogP contribution in [0.1, 0.15) is 27.2 Å². The molecule has 0 aromatic carbocycles. The van der Waals surface area contributed by atoms with Crippen molar-refractivity contribution in [2.24, 2.45) is 0 Å². The molecule has 0 saturated carbocycles. The molecule has 1 aromatic rings. The topological polar surface area (TPSA) is 37.8 Å². The van der Waals surface area contributed by atoms with Crippen molar-refractivity contribution in [3.63, 3.8) is 0 Å². The van der Waals surface area contributed by atoms with Crippen LogP contribution >= 0.6 is 23.1 Å². The largest absolute Gasteiger partial charge is 0.313 e. The third kappa shape index (κ3) is 4.39. The molecule has 14 heavy (non-hydrogen) atoms. The van der Waals surface area contributed by atoms with Crippen LogP contribution in [0.2, 0.25) is 0 Å². The summed E-state index contributed by atoms with van der Waals surface area (Å²) < 4.78 is 1.06. The van der Waals surface area contributed by atoms with Gasteiger partial charge in [0.1, 0.15) is 5.51 Å². The lowest BCUT2D eigenvalue weighted by Gasteiger charge is -2.14. The minimum Gasteiger partial charge on any atom is -0.313 e. The lowest BCUT2D eigenvalue weighted by Crippen LogP contribution is -2.30. The van der Waals surface area contributed by atoms with Gasteiger partial charge in [-0.2, -0.15) is 0 Å². The van der Waals surface area contributed by atoms with Crippen molar-refractivity contribution in [3.05, 3.63) is 5.51 Å². The van der Waals surface area contributed by atoms with Crippen LogP contribution in [0, 0.1) is 0 Å². The van der Waals surface area contributed by atoms with Crippen LogP contribution in [0.15, 0.2) is 9.85 Å². The Morgan fingerprint density at radius 3 is 2.93 bits per heavy atom. The molecule has 1 rings (SSSR count). The molecule has 1 heterocycles. The van der Waals surface area contributed by atoms with Crippen molar-refractivity contribution < 1.29 is 0 Å². The maximum absolute atomic E-state index is 4.01. The van der Waals surface area contributed by atoms with E-state index < -0.39 is 0 Å². The summed E-state index contributed by atoms with van der Waals surface area (Å²) in [5, 5.41) is 11.9. The predicted molar refractivity (Wildman–Crippen MR) is 63.0 cm³/mol. The molecule has 2 atom stereocenters. The Labute approximate surface area is 93.7 Å². The van der Waals surface area contributed by atoms with Gasteiger partial charge in [0.2, 0.25) is 0 Å². The molecule has 1 N–H and O–H groups in total. The highest BCUT2D eigenvalue weighted by atomic mass is 32.2. The van der Waals surface area contributed by atoms with Crippen molar-refractivity contribution in [1.82, 2.24) is 15.5 Å². The van der Waals surface area contributed by atoms with E-state index in [0.29, 0.717) is 11.3 Å². The number of thioether (sulfide) groups is 1. The molecule has 0 saturated heterocycles. The zero-order valence-electron chi connectivity index (χ0n) is 8.86. The molecule has 0 radical (unpaired) electrons. The third-order valence-electron chi connectivity index (χ3n) is 2.01. The zero-order chi connectivity index (χ0) is 10.4. The van der Waals surface area contributed by atoms with Gasteiger partial charge < -0.3 is 5.32 Å². The van der Waals surface area contributed by atoms with Crippen LogP contribution in [0.25, 0.3) is 0 Å². The molecule has 0 fully saturated rings. The number of hydrogen-bond donors (Lipinski definition) is 1. The van der Waals surface area contributed by atoms with Gasteiger partial charge in [0.25, 0.3) is 0 Å². The second-order valence-electron chi connectivity index (χ2n) is 3.35. The highest BCUT2D eigenvalue weighted by Gasteiger charge is 2.07. The van der Waals surface area contributed by atoms with Gasteiger partial charge in [-0.05, 0) is 13.3 Å². The van der Waals surface area contributed by atoms with Crippen molar-refractivity contribution in [2.45, 2.75) is 42.8 Å². The molecule has 0 spiro atoms. The van der Waals surface area contributed by atoms with Crippen LogP contribution in [-0.2, 0) is 0 Å². The summed E-state index contributed by atoms with van der Waals surface area (Å²) in [4.78, 5) is 0. The van der Waals surface area contributed by atoms with Gasteiger partial charge in [-0.1, -0.05) is 36.9 Å². The van der Waals surface area contributed by atoms with E-state index in [2.05, 4.69) is 36.3 Å². The Bertz CT molecular complexity index is 238. The number of aromatic nitrogens is 2. The Morgan fingerprint density at radius 1 is 1.57 bits per heavy atom. The van der Waals surface area contributed by atoms with Crippen molar-refractivity contribution in [2.75, 3.05) is 6.54 Å². The van der Waals surface area contributed by atoms with E-state index in [1.165, 1.54) is 6.42 Å². The van der Waals surface area contributed by atoms with E-state index in [0.717, 1.165) is 10.9 Å². The Balaban J connectivity index is 2.19. The number of nitrogens with zero attached hydrogens (tertiary/aromatic N) is 2. The fourth-order valence-corrected chi connectivity index (χ4v) is 2.68. The molecule has 3 nitrogen and oxygen atoms in total. The summed E-state index contributed by atoms with van der Waals surface area (Å²) in [7, 11) is 0. The van der Waals surface area contributed by atoms with Crippen molar-refractivity contribution in [3.8, 4) is 0 Å². The van der Waals surface area contributed by atoms with E-state index in [1.54, 1.807) is 28.6 Å². The molecule has 0 amide bonds. The fourth-order valence-electron chi connectivity index (χ4n) is 0.940. The molecular weight excluding hydrogens is 214 g/mol. The third-order valence-corrected chi connectivity index (χ3v) is 3.92. The number of nitrogens with one attached hydrogen (secondary N) is 1. The molecule has 80 valence electrons. The smallest absolute Gasteiger partial charge is 0.174 e. The highest BCUT2D eigenvalue weighted by molar-refractivity contribution is 8.01. The molecule has 1 aromatic heterocycles. The first kappa shape index (κ1) is 11.9. The lowest BCUT2D eigenvalue weighted by atomic mass is 10.2. The Hall–Kier alpha value is -0.130. The zero-order valence-corrected chi connectivity index (χ0v) is 10.5. The van der Waals surface area contributed by atoms with Gasteiger partial charge in [-0.3, -0.25) is 0 Å². The molecule has 0 aliphatic carbocycles. The highest BCUT2D eigenvalue weighted by Crippen LogP contribution is 2.23. The molecular formula is C9H17N3S2. The van der Waals surface area contributed by atoms with Crippen LogP contribution < -0.4 is 5.32 Å². The van der Waals surface area contributed by atoms with E-state index in [4.69, 9.17) is 0 Å². The van der Waals surface area contributed by atoms with Gasteiger partial charge in [-0.25, -0.2) is 0 Å². The average molecular weight is 231 g/mol. The van der Waals surface area contributed by atoms with E-state index in [-0.39, 0.29) is 0 Å². The second-order valence-corrected chi connectivity index (χ2v) is 5.87. The summed E-state index contributed by atoms with van der Waals surface area (Å²) in [6.45, 7) is 7.64. The maximum atomic E-state index is 4.01. The van der Waals surface area contributed by atoms with Gasteiger partial charge in [0.15, 0.2) is 4.34 Å². The first-order valence-corrected chi connectivity index (χ1v) is 6.64. The molecule has 2 unspecified atom stereocenters. The summed E-state index contributed by atoms with van der Waals surface area (Å²) >= 11 is 3.39. The van der Waals surface area contributed by atoms with Gasteiger partial charge in [-0.15, -0.1) is 10.2 Å². The summed E-state index contributed by atoms with van der Waals surface area (Å²) in [6, 6.07) is 0.604. The molecule has 0 aliphatic rings. The van der Waals surface area contributed by atoms with E-state index >= 15 is 0 Å². The first-order chi connectivity index (χ1) is 6.72. The van der Waals surface area contributed by atoms with Gasteiger partial charge in [0.05, 0.1) is 0 Å². The average Bonchev–Trinajstić information content (AvgIpc) is 2.66. The van der Waals surface area contributed by atoms with Gasteiger partial charge >= 0.3 is 0 Å². The molecule has 0 aliphatic heterocycles. The SMILES string of the molecule is CCC(C)NCC(C)Sc1nncs1. The minimum atomic E-state index is 0.553. The monoisotopic (exact) mass is 231 g/mol. The summed E-state index contributed by atoms with van der Waals surface area (Å²) in [5.41, 5.74) is 1.77. The standard InChI is InChI=1S/C9H17N3S2/c1-4-7(2)10-5-8(3)14-9-12-11-6-13-9/h6-8,10H,4-5H2,1-3H3. The van der Waals surface area contributed by atoms with Crippen LogP contribution in [0.5, 0.6) is 0 Å². The quantitative estimate of drug-likeness (QED) is 0.763. The fraction of sp³-hybridized carbons (Fsp3) is 0.778. The first-order valence-electron chi connectivity index (χ1n) is 4.88. The van der Waals surface area contributed by atoms with Crippen LogP contribution in [0.4, 0.5) is 0 Å². The van der Waals surface area contributed by atoms with Gasteiger partial charge in [0, 0.05) is 17.8 Å². The Kier molecular flexibility index (Phi) is 5.44. The van der Waals surface area contributed by atoms with Crippen LogP contribution in [0.3, 0.4) is 0 Å². The van der Waals surface area contributed by atoms with E-state index in [1.807, 2.05) is 0 Å². The summed E-state index contributed by atoms with van der Waals surface area (Å²) in [5.74, 6) is 0. The number of hydrogen-bond acceptors (Lipinski definition) is 5. The normalized spacial score (nSPS) is 15.4. The molecule has 5 heteroatoms. The minimum absolute atomic E-state index is 0.553. The summed E-state index contributed by atoms with van der Waals surface area (Å²) in [6.07, 6.45) is 1.18. The Morgan fingerprint density at radius 2 is 2.36 bits per heavy atom. The molecule has 0 bridgehead atoms.